The van der Waals surface area contributed by atoms with Gasteiger partial charge in [0.05, 0.1) is 27.7 Å². The van der Waals surface area contributed by atoms with Gasteiger partial charge in [-0.15, -0.1) is 6.58 Å². The van der Waals surface area contributed by atoms with Gasteiger partial charge < -0.3 is 5.32 Å². The highest BCUT2D eigenvalue weighted by Crippen LogP contribution is 2.29. The minimum Gasteiger partial charge on any atom is -0.317 e. The minimum absolute atomic E-state index is 0.0610. The maximum absolute atomic E-state index is 13.9. The number of nitrogens with zero attached hydrogens (tertiary/aromatic N) is 1. The minimum atomic E-state index is -4.16. The average molecular weight is 497 g/mol. The molecule has 5 nitrogen and oxygen atoms in total. The van der Waals surface area contributed by atoms with Crippen molar-refractivity contribution >= 4 is 50.5 Å². The van der Waals surface area contributed by atoms with Crippen molar-refractivity contribution in [2.45, 2.75) is 4.90 Å². The number of amides is 1. The third-order valence-electron chi connectivity index (χ3n) is 4.38. The Morgan fingerprint density at radius 1 is 1.03 bits per heavy atom. The van der Waals surface area contributed by atoms with Crippen LogP contribution in [0, 0.1) is 11.6 Å². The van der Waals surface area contributed by atoms with E-state index in [0.717, 1.165) is 28.6 Å². The second-order valence-corrected chi connectivity index (χ2v) is 9.20. The molecule has 1 N–H and O–H groups in total. The zero-order valence-corrected chi connectivity index (χ0v) is 18.7. The predicted molar refractivity (Wildman–Crippen MR) is 122 cm³/mol. The third kappa shape index (κ3) is 4.93. The number of hydrogen-bond donors (Lipinski definition) is 1. The number of anilines is 2. The molecule has 0 unspecified atom stereocenters. The van der Waals surface area contributed by atoms with Crippen LogP contribution in [-0.2, 0) is 10.0 Å². The van der Waals surface area contributed by atoms with Gasteiger partial charge in [-0.05, 0) is 54.6 Å². The highest BCUT2D eigenvalue weighted by Gasteiger charge is 2.26. The molecule has 3 rings (SSSR count). The zero-order chi connectivity index (χ0) is 23.5. The van der Waals surface area contributed by atoms with E-state index in [1.807, 2.05) is 0 Å². The summed E-state index contributed by atoms with van der Waals surface area (Å²) >= 11 is 12.0. The number of benzene rings is 3. The summed E-state index contributed by atoms with van der Waals surface area (Å²) in [6.07, 6.45) is 1.40. The van der Waals surface area contributed by atoms with E-state index in [1.54, 1.807) is 0 Å². The first-order chi connectivity index (χ1) is 15.1. The molecule has 0 aliphatic heterocycles. The normalized spacial score (nSPS) is 11.1. The van der Waals surface area contributed by atoms with E-state index < -0.39 is 33.3 Å². The van der Waals surface area contributed by atoms with Gasteiger partial charge in [-0.3, -0.25) is 9.10 Å². The molecule has 0 saturated carbocycles. The van der Waals surface area contributed by atoms with Gasteiger partial charge in [-0.1, -0.05) is 35.3 Å². The number of nitrogens with one attached hydrogen (secondary N) is 1. The summed E-state index contributed by atoms with van der Waals surface area (Å²) in [6.45, 7) is 3.52. The van der Waals surface area contributed by atoms with Gasteiger partial charge in [0, 0.05) is 5.02 Å². The number of rotatable bonds is 7. The number of hydrogen-bond acceptors (Lipinski definition) is 3. The van der Waals surface area contributed by atoms with E-state index in [9.17, 15) is 22.0 Å². The summed E-state index contributed by atoms with van der Waals surface area (Å²) in [5.74, 6) is -2.95. The Kier molecular flexibility index (Phi) is 7.18. The lowest BCUT2D eigenvalue weighted by Crippen LogP contribution is -2.31. The van der Waals surface area contributed by atoms with Crippen molar-refractivity contribution < 1.29 is 22.0 Å². The fourth-order valence-electron chi connectivity index (χ4n) is 2.83. The van der Waals surface area contributed by atoms with E-state index in [2.05, 4.69) is 11.9 Å². The lowest BCUT2D eigenvalue weighted by Gasteiger charge is -2.23. The van der Waals surface area contributed by atoms with Crippen molar-refractivity contribution in [3.8, 4) is 0 Å². The van der Waals surface area contributed by atoms with Crippen molar-refractivity contribution in [2.75, 3.05) is 16.2 Å². The van der Waals surface area contributed by atoms with E-state index in [4.69, 9.17) is 23.2 Å². The second kappa shape index (κ2) is 9.68. The molecular weight excluding hydrogens is 481 g/mol. The first-order valence-electron chi connectivity index (χ1n) is 9.09. The predicted octanol–water partition coefficient (Wildman–Crippen LogP) is 5.91. The van der Waals surface area contributed by atoms with Crippen molar-refractivity contribution in [3.63, 3.8) is 0 Å². The van der Waals surface area contributed by atoms with Crippen LogP contribution in [-0.4, -0.2) is 20.9 Å². The molecule has 0 atom stereocenters. The summed E-state index contributed by atoms with van der Waals surface area (Å²) in [6, 6.07) is 12.7. The Bertz CT molecular complexity index is 1260. The Hall–Kier alpha value is -2.94. The molecule has 3 aromatic carbocycles. The van der Waals surface area contributed by atoms with Gasteiger partial charge in [-0.2, -0.15) is 0 Å². The molecule has 0 radical (unpaired) electrons. The van der Waals surface area contributed by atoms with E-state index in [1.165, 1.54) is 42.5 Å². The van der Waals surface area contributed by atoms with Crippen LogP contribution in [0.4, 0.5) is 20.2 Å². The van der Waals surface area contributed by atoms with Gasteiger partial charge in [0.15, 0.2) is 0 Å². The zero-order valence-electron chi connectivity index (χ0n) is 16.4. The fourth-order valence-corrected chi connectivity index (χ4v) is 4.62. The molecule has 0 saturated heterocycles. The molecule has 0 bridgehead atoms. The Balaban J connectivity index is 2.01. The third-order valence-corrected chi connectivity index (χ3v) is 6.75. The maximum atomic E-state index is 13.9. The second-order valence-electron chi connectivity index (χ2n) is 6.49. The van der Waals surface area contributed by atoms with E-state index in [-0.39, 0.29) is 22.0 Å². The van der Waals surface area contributed by atoms with Crippen molar-refractivity contribution in [1.82, 2.24) is 0 Å². The number of para-hydroxylation sites is 1. The van der Waals surface area contributed by atoms with Crippen LogP contribution in [0.1, 0.15) is 10.4 Å². The molecule has 166 valence electrons. The van der Waals surface area contributed by atoms with Crippen molar-refractivity contribution in [3.05, 3.63) is 101 Å². The monoisotopic (exact) mass is 496 g/mol. The largest absolute Gasteiger partial charge is 0.317 e. The topological polar surface area (TPSA) is 66.5 Å². The molecule has 0 fully saturated rings. The number of carbonyl (C=O) groups is 1. The quantitative estimate of drug-likeness (QED) is 0.413. The van der Waals surface area contributed by atoms with Gasteiger partial charge in [0.2, 0.25) is 0 Å². The van der Waals surface area contributed by atoms with Crippen LogP contribution in [0.3, 0.4) is 0 Å². The van der Waals surface area contributed by atoms with E-state index >= 15 is 0 Å². The van der Waals surface area contributed by atoms with Crippen LogP contribution < -0.4 is 9.62 Å². The summed E-state index contributed by atoms with van der Waals surface area (Å²) in [5.41, 5.74) is -0.620. The summed E-state index contributed by atoms with van der Waals surface area (Å²) in [7, 11) is -4.16. The molecular formula is C22H16Cl2F2N2O3S. The molecule has 0 spiro atoms. The molecule has 1 amide bonds. The summed E-state index contributed by atoms with van der Waals surface area (Å²) in [5, 5.41) is 2.42. The van der Waals surface area contributed by atoms with Crippen LogP contribution in [0.2, 0.25) is 10.0 Å². The van der Waals surface area contributed by atoms with Gasteiger partial charge in [0.1, 0.15) is 17.3 Å². The molecule has 0 heterocycles. The summed E-state index contributed by atoms with van der Waals surface area (Å²) < 4.78 is 55.5. The SMILES string of the molecule is C=CCN(c1ccc(Cl)cc1)S(=O)(=O)c1ccc(Cl)c(C(=O)Nc2c(F)cccc2F)c1. The van der Waals surface area contributed by atoms with Crippen LogP contribution >= 0.6 is 23.2 Å². The standard InChI is InChI=1S/C22H16Cl2F2N2O3S/c1-2-12-28(15-8-6-14(23)7-9-15)32(30,31)16-10-11-18(24)17(13-16)22(29)27-21-19(25)4-3-5-20(21)26/h2-11,13H,1,12H2,(H,27,29). The van der Waals surface area contributed by atoms with Crippen LogP contribution in [0.25, 0.3) is 0 Å². The number of carbonyl (C=O) groups excluding carboxylic acids is 1. The van der Waals surface area contributed by atoms with Gasteiger partial charge >= 0.3 is 0 Å². The molecule has 32 heavy (non-hydrogen) atoms. The Morgan fingerprint density at radius 2 is 1.66 bits per heavy atom. The van der Waals surface area contributed by atoms with Crippen molar-refractivity contribution in [1.29, 1.82) is 0 Å². The maximum Gasteiger partial charge on any atom is 0.264 e. The molecule has 0 aliphatic carbocycles. The Labute approximate surface area is 193 Å². The molecule has 3 aromatic rings. The highest BCUT2D eigenvalue weighted by atomic mass is 35.5. The van der Waals surface area contributed by atoms with E-state index in [0.29, 0.717) is 10.7 Å². The number of sulfonamides is 1. The average Bonchev–Trinajstić information content (AvgIpc) is 2.75. The highest BCUT2D eigenvalue weighted by molar-refractivity contribution is 7.92. The van der Waals surface area contributed by atoms with Gasteiger partial charge in [-0.25, -0.2) is 17.2 Å². The molecule has 0 aliphatic rings. The summed E-state index contributed by atoms with van der Waals surface area (Å²) in [4.78, 5) is 12.4. The first-order valence-corrected chi connectivity index (χ1v) is 11.3. The molecule has 10 heteroatoms. The first kappa shape index (κ1) is 23.7. The van der Waals surface area contributed by atoms with Crippen molar-refractivity contribution in [2.24, 2.45) is 0 Å². The van der Waals surface area contributed by atoms with Crippen LogP contribution in [0.5, 0.6) is 0 Å². The van der Waals surface area contributed by atoms with Crippen LogP contribution in [0.15, 0.2) is 78.2 Å². The number of halogens is 4. The fraction of sp³-hybridized carbons (Fsp3) is 0.0455. The Morgan fingerprint density at radius 3 is 2.25 bits per heavy atom. The lowest BCUT2D eigenvalue weighted by atomic mass is 10.2. The van der Waals surface area contributed by atoms with Gasteiger partial charge in [0.25, 0.3) is 15.9 Å². The molecule has 0 aromatic heterocycles. The lowest BCUT2D eigenvalue weighted by molar-refractivity contribution is 0.102. The smallest absolute Gasteiger partial charge is 0.264 e.